The highest BCUT2D eigenvalue weighted by molar-refractivity contribution is 7.86. The maximum absolute atomic E-state index is 13.1. The lowest BCUT2D eigenvalue weighted by Gasteiger charge is -2.13. The van der Waals surface area contributed by atoms with Gasteiger partial charge in [0.25, 0.3) is 16.0 Å². The zero-order valence-corrected chi connectivity index (χ0v) is 21.3. The molecule has 0 aliphatic carbocycles. The second kappa shape index (κ2) is 10.6. The summed E-state index contributed by atoms with van der Waals surface area (Å²) >= 11 is 6.27. The van der Waals surface area contributed by atoms with Crippen molar-refractivity contribution >= 4 is 55.5 Å². The molecule has 0 bridgehead atoms. The number of rotatable bonds is 7. The average molecular weight is 540 g/mol. The molecule has 4 aromatic carbocycles. The zero-order valence-electron chi connectivity index (χ0n) is 19.8. The van der Waals surface area contributed by atoms with E-state index < -0.39 is 26.7 Å². The SMILES string of the molecule is CCc1ccc(N=Nc2c(O)c(C(=O)Nc3ccccc3OC)cc3ccccc23)c(Cl)c1S(=O)(=O)O. The van der Waals surface area contributed by atoms with Crippen LogP contribution in [0.4, 0.5) is 17.1 Å². The zero-order chi connectivity index (χ0) is 26.7. The van der Waals surface area contributed by atoms with Gasteiger partial charge in [0.2, 0.25) is 0 Å². The lowest BCUT2D eigenvalue weighted by atomic mass is 10.0. The van der Waals surface area contributed by atoms with Crippen molar-refractivity contribution in [1.82, 2.24) is 0 Å². The summed E-state index contributed by atoms with van der Waals surface area (Å²) in [4.78, 5) is 12.7. The molecule has 0 aliphatic heterocycles. The molecular weight excluding hydrogens is 518 g/mol. The number of carbonyl (C=O) groups excluding carboxylic acids is 1. The van der Waals surface area contributed by atoms with Crippen LogP contribution in [-0.2, 0) is 16.5 Å². The first-order chi connectivity index (χ1) is 17.7. The van der Waals surface area contributed by atoms with E-state index in [4.69, 9.17) is 16.3 Å². The Labute approximate surface area is 218 Å². The third kappa shape index (κ3) is 5.26. The van der Waals surface area contributed by atoms with Gasteiger partial charge >= 0.3 is 0 Å². The number of para-hydroxylation sites is 2. The van der Waals surface area contributed by atoms with Crippen LogP contribution in [0.1, 0.15) is 22.8 Å². The first kappa shape index (κ1) is 26.1. The maximum Gasteiger partial charge on any atom is 0.296 e. The number of anilines is 1. The normalized spacial score (nSPS) is 11.7. The van der Waals surface area contributed by atoms with Crippen molar-refractivity contribution in [3.8, 4) is 11.5 Å². The Morgan fingerprint density at radius 3 is 2.46 bits per heavy atom. The number of phenolic OH excluding ortho intramolecular Hbond substituents is 1. The number of aromatic hydroxyl groups is 1. The van der Waals surface area contributed by atoms with Crippen LogP contribution in [0.3, 0.4) is 0 Å². The van der Waals surface area contributed by atoms with Gasteiger partial charge in [-0.1, -0.05) is 61.0 Å². The Morgan fingerprint density at radius 1 is 1.05 bits per heavy atom. The molecule has 4 aromatic rings. The smallest absolute Gasteiger partial charge is 0.296 e. The number of nitrogens with one attached hydrogen (secondary N) is 1. The van der Waals surface area contributed by atoms with E-state index in [0.717, 1.165) is 0 Å². The third-order valence-corrected chi connectivity index (χ3v) is 7.13. The van der Waals surface area contributed by atoms with E-state index in [1.54, 1.807) is 55.5 Å². The van der Waals surface area contributed by atoms with Crippen LogP contribution in [0.2, 0.25) is 5.02 Å². The van der Waals surface area contributed by atoms with Crippen molar-refractivity contribution in [3.63, 3.8) is 0 Å². The molecule has 9 nitrogen and oxygen atoms in total. The highest BCUT2D eigenvalue weighted by Gasteiger charge is 2.23. The highest BCUT2D eigenvalue weighted by atomic mass is 35.5. The lowest BCUT2D eigenvalue weighted by Crippen LogP contribution is -2.13. The first-order valence-corrected chi connectivity index (χ1v) is 12.9. The molecule has 1 amide bonds. The monoisotopic (exact) mass is 539 g/mol. The predicted octanol–water partition coefficient (Wildman–Crippen LogP) is 6.68. The number of nitrogens with zero attached hydrogens (tertiary/aromatic N) is 2. The molecule has 0 radical (unpaired) electrons. The van der Waals surface area contributed by atoms with E-state index in [1.807, 2.05) is 0 Å². The number of methoxy groups -OCH3 is 1. The van der Waals surface area contributed by atoms with Crippen molar-refractivity contribution < 1.29 is 27.6 Å². The molecule has 37 heavy (non-hydrogen) atoms. The van der Waals surface area contributed by atoms with Crippen LogP contribution in [0.25, 0.3) is 10.8 Å². The summed E-state index contributed by atoms with van der Waals surface area (Å²) < 4.78 is 38.7. The topological polar surface area (TPSA) is 138 Å². The molecule has 0 spiro atoms. The summed E-state index contributed by atoms with van der Waals surface area (Å²) in [5.41, 5.74) is 0.594. The Hall–Kier alpha value is -3.99. The lowest BCUT2D eigenvalue weighted by molar-refractivity contribution is 0.102. The van der Waals surface area contributed by atoms with Gasteiger partial charge in [-0.3, -0.25) is 9.35 Å². The van der Waals surface area contributed by atoms with Gasteiger partial charge in [0.05, 0.1) is 23.4 Å². The second-order valence-corrected chi connectivity index (χ2v) is 9.65. The summed E-state index contributed by atoms with van der Waals surface area (Å²) in [6.07, 6.45) is 0.307. The van der Waals surface area contributed by atoms with Gasteiger partial charge in [-0.2, -0.15) is 8.42 Å². The molecule has 0 heterocycles. The standard InChI is InChI=1S/C26H22ClN3O6S/c1-3-15-12-13-20(22(27)25(15)37(33,34)35)29-30-23-17-9-5-4-8-16(17)14-18(24(23)31)26(32)28-19-10-6-7-11-21(19)36-2/h4-14,31H,3H2,1-2H3,(H,28,32)(H,33,34,35). The molecule has 0 aromatic heterocycles. The summed E-state index contributed by atoms with van der Waals surface area (Å²) in [5.74, 6) is -0.606. The van der Waals surface area contributed by atoms with E-state index >= 15 is 0 Å². The Bertz CT molecular complexity index is 1650. The number of ether oxygens (including phenoxy) is 1. The average Bonchev–Trinajstić information content (AvgIpc) is 2.87. The number of halogens is 1. The maximum atomic E-state index is 13.1. The first-order valence-electron chi connectivity index (χ1n) is 11.0. The third-order valence-electron chi connectivity index (χ3n) is 5.65. The molecule has 0 unspecified atom stereocenters. The minimum atomic E-state index is -4.62. The number of phenols is 1. The second-order valence-electron chi connectivity index (χ2n) is 7.91. The van der Waals surface area contributed by atoms with Crippen molar-refractivity contribution in [2.75, 3.05) is 12.4 Å². The Morgan fingerprint density at radius 2 is 1.76 bits per heavy atom. The molecular formula is C26H22ClN3O6S. The molecule has 4 rings (SSSR count). The number of amides is 1. The van der Waals surface area contributed by atoms with Crippen LogP contribution in [0.5, 0.6) is 11.5 Å². The minimum Gasteiger partial charge on any atom is -0.505 e. The van der Waals surface area contributed by atoms with Gasteiger partial charge in [0, 0.05) is 5.39 Å². The molecule has 0 atom stereocenters. The van der Waals surface area contributed by atoms with Gasteiger partial charge in [-0.25, -0.2) is 0 Å². The summed E-state index contributed by atoms with van der Waals surface area (Å²) in [6.45, 7) is 1.72. The van der Waals surface area contributed by atoms with E-state index in [9.17, 15) is 22.9 Å². The molecule has 0 saturated heterocycles. The number of fused-ring (bicyclic) bond motifs is 1. The van der Waals surface area contributed by atoms with Gasteiger partial charge in [0.15, 0.2) is 5.75 Å². The molecule has 0 saturated carbocycles. The Kier molecular flexibility index (Phi) is 7.44. The van der Waals surface area contributed by atoms with Crippen molar-refractivity contribution in [2.24, 2.45) is 10.2 Å². The predicted molar refractivity (Wildman–Crippen MR) is 141 cm³/mol. The number of aryl methyl sites for hydroxylation is 1. The van der Waals surface area contributed by atoms with E-state index in [0.29, 0.717) is 34.2 Å². The summed E-state index contributed by atoms with van der Waals surface area (Å²) in [5, 5.41) is 22.8. The van der Waals surface area contributed by atoms with Crippen LogP contribution in [0, 0.1) is 0 Å². The fourth-order valence-corrected chi connectivity index (χ4v) is 5.24. The van der Waals surface area contributed by atoms with E-state index in [-0.39, 0.29) is 22.0 Å². The fraction of sp³-hybridized carbons (Fsp3) is 0.115. The van der Waals surface area contributed by atoms with Crippen LogP contribution >= 0.6 is 11.6 Å². The highest BCUT2D eigenvalue weighted by Crippen LogP contribution is 2.41. The van der Waals surface area contributed by atoms with Gasteiger partial charge in [0.1, 0.15) is 22.0 Å². The molecule has 11 heteroatoms. The van der Waals surface area contributed by atoms with E-state index in [1.165, 1.54) is 25.3 Å². The fourth-order valence-electron chi connectivity index (χ4n) is 3.85. The van der Waals surface area contributed by atoms with Gasteiger partial charge in [-0.15, -0.1) is 10.2 Å². The van der Waals surface area contributed by atoms with Crippen LogP contribution in [-0.4, -0.2) is 31.1 Å². The molecule has 3 N–H and O–H groups in total. The number of azo groups is 1. The van der Waals surface area contributed by atoms with Gasteiger partial charge in [-0.05, 0) is 41.6 Å². The number of benzene rings is 4. The molecule has 0 aliphatic rings. The summed E-state index contributed by atoms with van der Waals surface area (Å²) in [7, 11) is -3.15. The minimum absolute atomic E-state index is 0.0210. The number of hydrogen-bond donors (Lipinski definition) is 3. The largest absolute Gasteiger partial charge is 0.505 e. The van der Waals surface area contributed by atoms with Crippen molar-refractivity contribution in [3.05, 3.63) is 82.9 Å². The number of hydrogen-bond acceptors (Lipinski definition) is 7. The molecule has 0 fully saturated rings. The van der Waals surface area contributed by atoms with E-state index in [2.05, 4.69) is 15.5 Å². The quantitative estimate of drug-likeness (QED) is 0.177. The Balaban J connectivity index is 1.82. The molecule has 190 valence electrons. The number of carbonyl (C=O) groups is 1. The van der Waals surface area contributed by atoms with Gasteiger partial charge < -0.3 is 15.2 Å². The summed E-state index contributed by atoms with van der Waals surface area (Å²) in [6, 6.07) is 18.2. The van der Waals surface area contributed by atoms with Crippen molar-refractivity contribution in [1.29, 1.82) is 0 Å². The van der Waals surface area contributed by atoms with Crippen molar-refractivity contribution in [2.45, 2.75) is 18.2 Å². The van der Waals surface area contributed by atoms with Crippen LogP contribution in [0.15, 0.2) is 81.9 Å². The van der Waals surface area contributed by atoms with Crippen LogP contribution < -0.4 is 10.1 Å².